The van der Waals surface area contributed by atoms with Crippen LogP contribution >= 0.6 is 0 Å². The van der Waals surface area contributed by atoms with Crippen molar-refractivity contribution in [2.45, 2.75) is 42.9 Å². The lowest BCUT2D eigenvalue weighted by Gasteiger charge is -2.27. The normalized spacial score (nSPS) is 14.5. The van der Waals surface area contributed by atoms with Gasteiger partial charge < -0.3 is 10.1 Å². The summed E-state index contributed by atoms with van der Waals surface area (Å²) in [4.78, 5) is 13.4. The maximum Gasteiger partial charge on any atom is 0.264 e. The summed E-state index contributed by atoms with van der Waals surface area (Å²) >= 11 is 0. The molecule has 0 aliphatic carbocycles. The molecule has 3 aromatic rings. The molecule has 0 spiro atoms. The third-order valence-electron chi connectivity index (χ3n) is 6.65. The van der Waals surface area contributed by atoms with Crippen molar-refractivity contribution in [2.75, 3.05) is 36.4 Å². The first-order valence-electron chi connectivity index (χ1n) is 12.7. The Balaban J connectivity index is 1.68. The van der Waals surface area contributed by atoms with Gasteiger partial charge in [-0.05, 0) is 74.2 Å². The van der Waals surface area contributed by atoms with E-state index < -0.39 is 32.5 Å². The summed E-state index contributed by atoms with van der Waals surface area (Å²) in [5.41, 5.74) is 2.03. The van der Waals surface area contributed by atoms with Crippen LogP contribution in [-0.4, -0.2) is 53.8 Å². The highest BCUT2D eigenvalue weighted by Gasteiger charge is 2.30. The largest absolute Gasteiger partial charge is 0.495 e. The molecule has 0 aromatic heterocycles. The lowest BCUT2D eigenvalue weighted by Crippen LogP contribution is -2.38. The summed E-state index contributed by atoms with van der Waals surface area (Å²) in [5, 5.41) is 2.68. The number of hydrogen-bond donors (Lipinski definition) is 1. The maximum atomic E-state index is 13.7. The fraction of sp³-hybridized carbons (Fsp3) is 0.321. The third-order valence-corrected chi connectivity index (χ3v) is 10.3. The number of nitrogens with one attached hydrogen (secondary N) is 1. The first-order chi connectivity index (χ1) is 18.5. The molecule has 0 radical (unpaired) electrons. The van der Waals surface area contributed by atoms with Gasteiger partial charge >= 0.3 is 0 Å². The van der Waals surface area contributed by atoms with Crippen molar-refractivity contribution in [3.8, 4) is 5.75 Å². The summed E-state index contributed by atoms with van der Waals surface area (Å²) in [5.74, 6) is -0.397. The molecule has 208 valence electrons. The van der Waals surface area contributed by atoms with Crippen LogP contribution in [0.1, 0.15) is 30.4 Å². The molecule has 1 aliphatic heterocycles. The van der Waals surface area contributed by atoms with Gasteiger partial charge in [-0.1, -0.05) is 36.8 Å². The lowest BCUT2D eigenvalue weighted by molar-refractivity contribution is -0.114. The maximum absolute atomic E-state index is 13.7. The molecule has 1 amide bonds. The molecule has 0 saturated carbocycles. The Hall–Kier alpha value is -3.41. The Morgan fingerprint density at radius 1 is 0.897 bits per heavy atom. The Morgan fingerprint density at radius 2 is 1.59 bits per heavy atom. The van der Waals surface area contributed by atoms with E-state index in [-0.39, 0.29) is 21.2 Å². The molecule has 0 bridgehead atoms. The molecule has 1 aliphatic rings. The zero-order valence-electron chi connectivity index (χ0n) is 22.3. The first kappa shape index (κ1) is 28.6. The van der Waals surface area contributed by atoms with E-state index in [0.29, 0.717) is 24.3 Å². The molecular formula is C28H33N3O6S2. The van der Waals surface area contributed by atoms with Gasteiger partial charge in [0.15, 0.2) is 0 Å². The van der Waals surface area contributed by atoms with E-state index in [1.165, 1.54) is 41.7 Å². The number of piperidine rings is 1. The van der Waals surface area contributed by atoms with E-state index in [1.807, 2.05) is 13.0 Å². The predicted octanol–water partition coefficient (Wildman–Crippen LogP) is 4.32. The van der Waals surface area contributed by atoms with E-state index >= 15 is 0 Å². The minimum atomic E-state index is -4.10. The van der Waals surface area contributed by atoms with Crippen molar-refractivity contribution >= 4 is 37.3 Å². The van der Waals surface area contributed by atoms with Gasteiger partial charge in [-0.25, -0.2) is 16.8 Å². The molecule has 1 N–H and O–H groups in total. The summed E-state index contributed by atoms with van der Waals surface area (Å²) in [6.07, 6.45) is 2.57. The Morgan fingerprint density at radius 3 is 2.26 bits per heavy atom. The van der Waals surface area contributed by atoms with E-state index in [9.17, 15) is 21.6 Å². The van der Waals surface area contributed by atoms with Crippen molar-refractivity contribution < 1.29 is 26.4 Å². The van der Waals surface area contributed by atoms with Gasteiger partial charge in [-0.15, -0.1) is 0 Å². The molecule has 0 unspecified atom stereocenters. The van der Waals surface area contributed by atoms with E-state index in [2.05, 4.69) is 5.32 Å². The second kappa shape index (κ2) is 11.8. The van der Waals surface area contributed by atoms with Gasteiger partial charge in [0, 0.05) is 13.1 Å². The van der Waals surface area contributed by atoms with Crippen LogP contribution in [0.15, 0.2) is 76.5 Å². The van der Waals surface area contributed by atoms with Crippen LogP contribution in [0.4, 0.5) is 11.4 Å². The predicted molar refractivity (Wildman–Crippen MR) is 151 cm³/mol. The van der Waals surface area contributed by atoms with Crippen LogP contribution in [0.5, 0.6) is 5.75 Å². The highest BCUT2D eigenvalue weighted by molar-refractivity contribution is 7.92. The number of methoxy groups -OCH3 is 1. The number of carbonyl (C=O) groups is 1. The molecule has 4 rings (SSSR count). The molecule has 0 atom stereocenters. The highest BCUT2D eigenvalue weighted by atomic mass is 32.2. The van der Waals surface area contributed by atoms with E-state index in [0.717, 1.165) is 29.1 Å². The Bertz CT molecular complexity index is 1550. The van der Waals surface area contributed by atoms with Crippen LogP contribution < -0.4 is 14.4 Å². The third kappa shape index (κ3) is 6.26. The number of anilines is 2. The first-order valence-corrected chi connectivity index (χ1v) is 15.5. The quantitative estimate of drug-likeness (QED) is 0.409. The van der Waals surface area contributed by atoms with Crippen LogP contribution in [-0.2, 0) is 24.8 Å². The number of ether oxygens (including phenoxy) is 1. The van der Waals surface area contributed by atoms with Crippen molar-refractivity contribution in [1.29, 1.82) is 0 Å². The average molecular weight is 572 g/mol. The monoisotopic (exact) mass is 571 g/mol. The van der Waals surface area contributed by atoms with Gasteiger partial charge in [0.2, 0.25) is 15.9 Å². The van der Waals surface area contributed by atoms with Crippen LogP contribution in [0.3, 0.4) is 0 Å². The van der Waals surface area contributed by atoms with Gasteiger partial charge in [-0.3, -0.25) is 9.10 Å². The molecule has 1 fully saturated rings. The van der Waals surface area contributed by atoms with Gasteiger partial charge in [0.25, 0.3) is 10.0 Å². The molecule has 11 heteroatoms. The molecule has 1 heterocycles. The second-order valence-electron chi connectivity index (χ2n) is 9.49. The Labute approximate surface area is 230 Å². The molecule has 3 aromatic carbocycles. The Kier molecular flexibility index (Phi) is 8.63. The fourth-order valence-corrected chi connectivity index (χ4v) is 7.57. The van der Waals surface area contributed by atoms with Gasteiger partial charge in [0.05, 0.1) is 28.3 Å². The number of sulfonamides is 2. The zero-order valence-corrected chi connectivity index (χ0v) is 23.9. The molecule has 39 heavy (non-hydrogen) atoms. The average Bonchev–Trinajstić information content (AvgIpc) is 2.94. The van der Waals surface area contributed by atoms with Crippen molar-refractivity contribution in [3.05, 3.63) is 77.9 Å². The number of aryl methyl sites for hydroxylation is 2. The standard InChI is InChI=1S/C28H33N3O6S2/c1-21-12-13-22(2)26(18-21)31(39(35,36)23-10-6-4-7-11-23)20-28(32)29-25-19-24(14-15-27(25)37-3)38(33,34)30-16-8-5-9-17-30/h4,6-7,10-15,18-19H,5,8-9,16-17,20H2,1-3H3,(H,29,32). The number of carbonyl (C=O) groups excluding carboxylic acids is 1. The molecular weight excluding hydrogens is 538 g/mol. The minimum Gasteiger partial charge on any atom is -0.495 e. The SMILES string of the molecule is COc1ccc(S(=O)(=O)N2CCCCC2)cc1NC(=O)CN(c1cc(C)ccc1C)S(=O)(=O)c1ccccc1. The molecule has 9 nitrogen and oxygen atoms in total. The second-order valence-corrected chi connectivity index (χ2v) is 13.3. The summed E-state index contributed by atoms with van der Waals surface area (Å²) in [6, 6.07) is 17.6. The lowest BCUT2D eigenvalue weighted by atomic mass is 10.1. The number of nitrogens with zero attached hydrogens (tertiary/aromatic N) is 2. The smallest absolute Gasteiger partial charge is 0.264 e. The van der Waals surface area contributed by atoms with Crippen molar-refractivity contribution in [2.24, 2.45) is 0 Å². The van der Waals surface area contributed by atoms with Gasteiger partial charge in [-0.2, -0.15) is 4.31 Å². The number of amides is 1. The number of hydrogen-bond acceptors (Lipinski definition) is 6. The minimum absolute atomic E-state index is 0.0313. The zero-order chi connectivity index (χ0) is 28.2. The van der Waals surface area contributed by atoms with Crippen molar-refractivity contribution in [3.63, 3.8) is 0 Å². The number of rotatable bonds is 9. The summed E-state index contributed by atoms with van der Waals surface area (Å²) < 4.78 is 61.7. The van der Waals surface area contributed by atoms with E-state index in [4.69, 9.17) is 4.74 Å². The van der Waals surface area contributed by atoms with Crippen LogP contribution in [0.25, 0.3) is 0 Å². The highest BCUT2D eigenvalue weighted by Crippen LogP contribution is 2.31. The van der Waals surface area contributed by atoms with Crippen molar-refractivity contribution in [1.82, 2.24) is 4.31 Å². The van der Waals surface area contributed by atoms with Crippen LogP contribution in [0.2, 0.25) is 0 Å². The summed E-state index contributed by atoms with van der Waals surface area (Å²) in [7, 11) is -6.46. The fourth-order valence-electron chi connectivity index (χ4n) is 4.53. The van der Waals surface area contributed by atoms with Gasteiger partial charge in [0.1, 0.15) is 12.3 Å². The van der Waals surface area contributed by atoms with Crippen LogP contribution in [0, 0.1) is 13.8 Å². The van der Waals surface area contributed by atoms with E-state index in [1.54, 1.807) is 37.3 Å². The molecule has 1 saturated heterocycles. The summed E-state index contributed by atoms with van der Waals surface area (Å²) in [6.45, 7) is 3.97. The number of benzene rings is 3. The topological polar surface area (TPSA) is 113 Å².